The molecule has 0 radical (unpaired) electrons. The van der Waals surface area contributed by atoms with E-state index in [1.54, 1.807) is 12.4 Å². The van der Waals surface area contributed by atoms with Crippen LogP contribution in [0.1, 0.15) is 0 Å². The Kier molecular flexibility index (Phi) is 4.05. The van der Waals surface area contributed by atoms with Gasteiger partial charge in [0.25, 0.3) is 0 Å². The molecule has 15 heavy (non-hydrogen) atoms. The number of benzene rings is 1. The molecule has 1 aliphatic rings. The smallest absolute Gasteiger partial charge is 0.0886 e. The number of nitrogens with zero attached hydrogens (tertiary/aromatic N) is 2. The van der Waals surface area contributed by atoms with Gasteiger partial charge in [-0.25, -0.2) is 0 Å². The van der Waals surface area contributed by atoms with Gasteiger partial charge in [-0.1, -0.05) is 39.8 Å². The van der Waals surface area contributed by atoms with Gasteiger partial charge < -0.3 is 0 Å². The summed E-state index contributed by atoms with van der Waals surface area (Å²) in [6, 6.07) is 7.80. The zero-order valence-corrected chi connectivity index (χ0v) is 9.67. The van der Waals surface area contributed by atoms with Crippen LogP contribution >= 0.6 is 21.6 Å². The fourth-order valence-corrected chi connectivity index (χ4v) is 2.68. The summed E-state index contributed by atoms with van der Waals surface area (Å²) in [5.41, 5.74) is 1.90. The average molecular weight is 234 g/mol. The molecule has 0 bridgehead atoms. The highest BCUT2D eigenvalue weighted by atomic mass is 33.1. The van der Waals surface area contributed by atoms with Gasteiger partial charge >= 0.3 is 0 Å². The Morgan fingerprint density at radius 3 is 2.07 bits per heavy atom. The summed E-state index contributed by atoms with van der Waals surface area (Å²) >= 11 is 0. The summed E-state index contributed by atoms with van der Waals surface area (Å²) in [5.74, 6) is 1.20. The van der Waals surface area contributed by atoms with Crippen LogP contribution in [0.25, 0.3) is 11.0 Å². The number of hydrogen-bond donors (Lipinski definition) is 0. The van der Waals surface area contributed by atoms with Crippen molar-refractivity contribution in [3.8, 4) is 0 Å². The Bertz CT molecular complexity index is 386. The molecule has 4 heteroatoms. The molecule has 0 saturated carbocycles. The molecular weight excluding hydrogens is 224 g/mol. The maximum Gasteiger partial charge on any atom is 0.0886 e. The van der Waals surface area contributed by atoms with Gasteiger partial charge in [0.15, 0.2) is 0 Å². The fourth-order valence-electron chi connectivity index (χ4n) is 1.11. The summed E-state index contributed by atoms with van der Waals surface area (Å²) in [5, 5.41) is 2.12. The van der Waals surface area contributed by atoms with Crippen molar-refractivity contribution in [2.45, 2.75) is 0 Å². The maximum atomic E-state index is 4.12. The molecule has 0 unspecified atom stereocenters. The van der Waals surface area contributed by atoms with E-state index in [4.69, 9.17) is 0 Å². The van der Waals surface area contributed by atoms with Crippen molar-refractivity contribution in [2.24, 2.45) is 0 Å². The number of rotatable bonds is 0. The van der Waals surface area contributed by atoms with E-state index >= 15 is 0 Å². The van der Waals surface area contributed by atoms with Gasteiger partial charge in [0.2, 0.25) is 0 Å². The first kappa shape index (κ1) is 10.5. The number of para-hydroxylation sites is 2. The molecule has 0 amide bonds. The van der Waals surface area contributed by atoms with Crippen molar-refractivity contribution in [3.63, 3.8) is 0 Å². The van der Waals surface area contributed by atoms with Crippen LogP contribution in [0.5, 0.6) is 0 Å². The Labute approximate surface area is 96.6 Å². The molecule has 2 nitrogen and oxygen atoms in total. The van der Waals surface area contributed by atoms with Gasteiger partial charge in [-0.15, -0.1) is 0 Å². The summed E-state index contributed by atoms with van der Waals surface area (Å²) < 4.78 is 0. The third-order valence-electron chi connectivity index (χ3n) is 1.76. The van der Waals surface area contributed by atoms with Crippen LogP contribution < -0.4 is 0 Å². The molecule has 2 aromatic rings. The molecule has 0 spiro atoms. The lowest BCUT2D eigenvalue weighted by atomic mass is 10.3. The quantitative estimate of drug-likeness (QED) is 0.651. The fraction of sp³-hybridized carbons (Fsp3) is 0.0909. The highest BCUT2D eigenvalue weighted by Gasteiger charge is 1.88. The Morgan fingerprint density at radius 1 is 1.00 bits per heavy atom. The summed E-state index contributed by atoms with van der Waals surface area (Å²) in [7, 11) is 3.69. The van der Waals surface area contributed by atoms with Crippen LogP contribution in [0.4, 0.5) is 0 Å². The second-order valence-corrected chi connectivity index (χ2v) is 5.12. The van der Waals surface area contributed by atoms with E-state index in [1.807, 2.05) is 45.9 Å². The predicted octanol–water partition coefficient (Wildman–Crippen LogP) is 3.52. The van der Waals surface area contributed by atoms with Crippen molar-refractivity contribution in [3.05, 3.63) is 48.1 Å². The molecule has 1 aromatic carbocycles. The lowest BCUT2D eigenvalue weighted by Gasteiger charge is -1.90. The highest BCUT2D eigenvalue weighted by Crippen LogP contribution is 2.27. The van der Waals surface area contributed by atoms with Gasteiger partial charge in [0.1, 0.15) is 0 Å². The molecule has 1 aromatic heterocycles. The van der Waals surface area contributed by atoms with Crippen molar-refractivity contribution in [2.75, 3.05) is 5.75 Å². The summed E-state index contributed by atoms with van der Waals surface area (Å²) in [4.78, 5) is 8.24. The molecule has 0 atom stereocenters. The van der Waals surface area contributed by atoms with Crippen LogP contribution in [-0.4, -0.2) is 15.7 Å². The summed E-state index contributed by atoms with van der Waals surface area (Å²) in [6.45, 7) is 0. The van der Waals surface area contributed by atoms with E-state index in [1.165, 1.54) is 5.75 Å². The monoisotopic (exact) mass is 234 g/mol. The molecule has 1 aliphatic heterocycles. The molecule has 2 heterocycles. The summed E-state index contributed by atoms with van der Waals surface area (Å²) in [6.07, 6.45) is 5.56. The van der Waals surface area contributed by atoms with E-state index in [-0.39, 0.29) is 0 Å². The van der Waals surface area contributed by atoms with Crippen LogP contribution in [-0.2, 0) is 0 Å². The largest absolute Gasteiger partial charge is 0.253 e. The minimum Gasteiger partial charge on any atom is -0.253 e. The Hall–Kier alpha value is -1.00. The molecule has 0 saturated heterocycles. The van der Waals surface area contributed by atoms with Crippen LogP contribution in [0, 0.1) is 0 Å². The first-order valence-corrected chi connectivity index (χ1v) is 6.94. The third kappa shape index (κ3) is 3.25. The minimum absolute atomic E-state index is 0.949. The van der Waals surface area contributed by atoms with E-state index in [0.717, 1.165) is 11.0 Å². The minimum atomic E-state index is 0.949. The third-order valence-corrected chi connectivity index (χ3v) is 3.68. The van der Waals surface area contributed by atoms with Gasteiger partial charge in [0, 0.05) is 18.1 Å². The van der Waals surface area contributed by atoms with Crippen LogP contribution in [0.2, 0.25) is 0 Å². The first-order chi connectivity index (χ1) is 7.47. The van der Waals surface area contributed by atoms with Crippen molar-refractivity contribution < 1.29 is 0 Å². The molecular formula is C11H10N2S2. The SMILES string of the molecule is C1=CSSC1.c1ccc2nccnc2c1. The van der Waals surface area contributed by atoms with E-state index in [9.17, 15) is 0 Å². The van der Waals surface area contributed by atoms with E-state index in [0.29, 0.717) is 0 Å². The average Bonchev–Trinajstić information content (AvgIpc) is 2.88. The number of fused-ring (bicyclic) bond motifs is 1. The highest BCUT2D eigenvalue weighted by molar-refractivity contribution is 8.78. The molecule has 0 aliphatic carbocycles. The number of hydrogen-bond acceptors (Lipinski definition) is 4. The van der Waals surface area contributed by atoms with Gasteiger partial charge in [-0.05, 0) is 17.5 Å². The Balaban J connectivity index is 0.000000144. The Morgan fingerprint density at radius 2 is 1.67 bits per heavy atom. The molecule has 0 fully saturated rings. The molecule has 3 rings (SSSR count). The van der Waals surface area contributed by atoms with Crippen LogP contribution in [0.15, 0.2) is 48.1 Å². The second-order valence-electron chi connectivity index (χ2n) is 2.80. The van der Waals surface area contributed by atoms with E-state index < -0.39 is 0 Å². The molecule has 76 valence electrons. The first-order valence-electron chi connectivity index (χ1n) is 4.56. The van der Waals surface area contributed by atoms with Crippen molar-refractivity contribution in [1.29, 1.82) is 0 Å². The van der Waals surface area contributed by atoms with E-state index in [2.05, 4.69) is 21.5 Å². The van der Waals surface area contributed by atoms with Crippen molar-refractivity contribution in [1.82, 2.24) is 9.97 Å². The zero-order valence-electron chi connectivity index (χ0n) is 8.04. The molecule has 0 N–H and O–H groups in total. The second kappa shape index (κ2) is 5.78. The predicted molar refractivity (Wildman–Crippen MR) is 68.7 cm³/mol. The maximum absolute atomic E-state index is 4.12. The normalized spacial score (nSPS) is 13.6. The van der Waals surface area contributed by atoms with Gasteiger partial charge in [-0.3, -0.25) is 9.97 Å². The lowest BCUT2D eigenvalue weighted by Crippen LogP contribution is -1.78. The topological polar surface area (TPSA) is 25.8 Å². The van der Waals surface area contributed by atoms with Crippen molar-refractivity contribution >= 4 is 32.6 Å². The zero-order chi connectivity index (χ0) is 10.3. The van der Waals surface area contributed by atoms with Crippen LogP contribution in [0.3, 0.4) is 0 Å². The van der Waals surface area contributed by atoms with Gasteiger partial charge in [0.05, 0.1) is 11.0 Å². The number of aromatic nitrogens is 2. The standard InChI is InChI=1S/C8H6N2.C3H4S2/c1-2-4-8-7(3-1)9-5-6-10-8;1-2-4-5-3-1/h1-6H;1-2H,3H2. The lowest BCUT2D eigenvalue weighted by molar-refractivity contribution is 1.29. The van der Waals surface area contributed by atoms with Gasteiger partial charge in [-0.2, -0.15) is 0 Å².